The van der Waals surface area contributed by atoms with Gasteiger partial charge in [0.05, 0.1) is 0 Å². The molecule has 0 aromatic carbocycles. The van der Waals surface area contributed by atoms with Crippen molar-refractivity contribution in [2.75, 3.05) is 32.7 Å². The van der Waals surface area contributed by atoms with Crippen LogP contribution >= 0.6 is 0 Å². The molecule has 0 N–H and O–H groups in total. The summed E-state index contributed by atoms with van der Waals surface area (Å²) in [4.78, 5) is 5.38. The largest absolute Gasteiger partial charge is 0.303 e. The van der Waals surface area contributed by atoms with E-state index < -0.39 is 0 Å². The van der Waals surface area contributed by atoms with Crippen LogP contribution in [0.1, 0.15) is 39.5 Å². The summed E-state index contributed by atoms with van der Waals surface area (Å²) in [5.41, 5.74) is 0. The monoisotopic (exact) mass is 210 g/mol. The van der Waals surface area contributed by atoms with Gasteiger partial charge in [0.25, 0.3) is 0 Å². The van der Waals surface area contributed by atoms with Gasteiger partial charge in [-0.05, 0) is 57.8 Å². The summed E-state index contributed by atoms with van der Waals surface area (Å²) in [7, 11) is 0. The number of rotatable bonds is 3. The van der Waals surface area contributed by atoms with Crippen LogP contribution in [0.15, 0.2) is 0 Å². The van der Waals surface area contributed by atoms with Gasteiger partial charge in [-0.2, -0.15) is 0 Å². The maximum atomic E-state index is 2.73. The van der Waals surface area contributed by atoms with Gasteiger partial charge in [-0.25, -0.2) is 0 Å². The second-order valence-corrected chi connectivity index (χ2v) is 5.67. The van der Waals surface area contributed by atoms with Gasteiger partial charge in [0.15, 0.2) is 0 Å². The molecular weight excluding hydrogens is 184 g/mol. The fourth-order valence-electron chi connectivity index (χ4n) is 3.09. The Kier molecular flexibility index (Phi) is 4.04. The van der Waals surface area contributed by atoms with Crippen molar-refractivity contribution in [3.05, 3.63) is 0 Å². The molecule has 0 amide bonds. The average molecular weight is 210 g/mol. The van der Waals surface area contributed by atoms with Gasteiger partial charge in [-0.15, -0.1) is 0 Å². The number of hydrogen-bond donors (Lipinski definition) is 0. The molecule has 0 bridgehead atoms. The highest BCUT2D eigenvalue weighted by Crippen LogP contribution is 2.21. The van der Waals surface area contributed by atoms with Crippen LogP contribution in [0, 0.1) is 5.92 Å². The van der Waals surface area contributed by atoms with Gasteiger partial charge in [0.1, 0.15) is 0 Å². The summed E-state index contributed by atoms with van der Waals surface area (Å²) in [5, 5.41) is 0. The molecule has 0 radical (unpaired) electrons. The molecule has 0 saturated carbocycles. The van der Waals surface area contributed by atoms with Gasteiger partial charge in [0, 0.05) is 12.6 Å². The lowest BCUT2D eigenvalue weighted by molar-refractivity contribution is 0.119. The molecule has 15 heavy (non-hydrogen) atoms. The first-order valence-electron chi connectivity index (χ1n) is 6.72. The van der Waals surface area contributed by atoms with E-state index in [9.17, 15) is 0 Å². The number of piperidine rings is 1. The lowest BCUT2D eigenvalue weighted by Gasteiger charge is -2.37. The van der Waals surface area contributed by atoms with Crippen molar-refractivity contribution in [3.63, 3.8) is 0 Å². The number of nitrogens with zero attached hydrogens (tertiary/aromatic N) is 2. The van der Waals surface area contributed by atoms with Crippen LogP contribution in [0.3, 0.4) is 0 Å². The van der Waals surface area contributed by atoms with E-state index in [-0.39, 0.29) is 0 Å². The Bertz CT molecular complexity index is 177. The van der Waals surface area contributed by atoms with E-state index in [4.69, 9.17) is 0 Å². The molecule has 2 heteroatoms. The fourth-order valence-corrected chi connectivity index (χ4v) is 3.09. The van der Waals surface area contributed by atoms with Crippen molar-refractivity contribution in [2.24, 2.45) is 5.92 Å². The van der Waals surface area contributed by atoms with Crippen LogP contribution in [0.5, 0.6) is 0 Å². The summed E-state index contributed by atoms with van der Waals surface area (Å²) in [5.74, 6) is 0.827. The molecule has 0 aliphatic carbocycles. The lowest BCUT2D eigenvalue weighted by atomic mass is 10.0. The predicted octanol–water partition coefficient (Wildman–Crippen LogP) is 2.20. The first-order valence-corrected chi connectivity index (χ1v) is 6.72. The quantitative estimate of drug-likeness (QED) is 0.704. The molecule has 0 aromatic rings. The van der Waals surface area contributed by atoms with Crippen LogP contribution in [0.4, 0.5) is 0 Å². The van der Waals surface area contributed by atoms with Crippen LogP contribution in [0.2, 0.25) is 0 Å². The van der Waals surface area contributed by atoms with Crippen molar-refractivity contribution >= 4 is 0 Å². The van der Waals surface area contributed by atoms with Crippen molar-refractivity contribution in [2.45, 2.75) is 45.6 Å². The Labute approximate surface area is 94.6 Å². The van der Waals surface area contributed by atoms with Gasteiger partial charge in [-0.3, -0.25) is 0 Å². The van der Waals surface area contributed by atoms with Gasteiger partial charge < -0.3 is 9.80 Å². The topological polar surface area (TPSA) is 6.48 Å². The Morgan fingerprint density at radius 3 is 2.13 bits per heavy atom. The minimum atomic E-state index is 0.827. The van der Waals surface area contributed by atoms with Crippen LogP contribution in [-0.4, -0.2) is 48.6 Å². The predicted molar refractivity (Wildman–Crippen MR) is 65.1 cm³/mol. The molecule has 2 fully saturated rings. The number of hydrogen-bond acceptors (Lipinski definition) is 2. The van der Waals surface area contributed by atoms with E-state index in [1.165, 1.54) is 58.4 Å². The van der Waals surface area contributed by atoms with Crippen molar-refractivity contribution in [3.8, 4) is 0 Å². The first-order chi connectivity index (χ1) is 7.25. The molecule has 0 spiro atoms. The highest BCUT2D eigenvalue weighted by atomic mass is 15.2. The molecular formula is C13H26N2. The van der Waals surface area contributed by atoms with Crippen molar-refractivity contribution < 1.29 is 0 Å². The van der Waals surface area contributed by atoms with Crippen molar-refractivity contribution in [1.82, 2.24) is 9.80 Å². The zero-order chi connectivity index (χ0) is 10.7. The summed E-state index contributed by atoms with van der Waals surface area (Å²) in [6.07, 6.45) is 5.69. The summed E-state index contributed by atoms with van der Waals surface area (Å²) >= 11 is 0. The highest BCUT2D eigenvalue weighted by molar-refractivity contribution is 4.82. The molecule has 2 nitrogen and oxygen atoms in total. The third-order valence-electron chi connectivity index (χ3n) is 3.84. The van der Waals surface area contributed by atoms with Crippen LogP contribution in [0.25, 0.3) is 0 Å². The molecule has 88 valence electrons. The summed E-state index contributed by atoms with van der Waals surface area (Å²) in [6, 6.07) is 0.913. The van der Waals surface area contributed by atoms with Gasteiger partial charge in [0.2, 0.25) is 0 Å². The summed E-state index contributed by atoms with van der Waals surface area (Å²) < 4.78 is 0. The molecule has 2 saturated heterocycles. The van der Waals surface area contributed by atoms with E-state index in [0.717, 1.165) is 12.0 Å². The average Bonchev–Trinajstić information content (AvgIpc) is 2.71. The van der Waals surface area contributed by atoms with E-state index in [2.05, 4.69) is 23.6 Å². The summed E-state index contributed by atoms with van der Waals surface area (Å²) in [6.45, 7) is 11.4. The minimum Gasteiger partial charge on any atom is -0.303 e. The molecule has 0 aromatic heterocycles. The van der Waals surface area contributed by atoms with Gasteiger partial charge >= 0.3 is 0 Å². The normalized spacial score (nSPS) is 26.6. The molecule has 0 unspecified atom stereocenters. The van der Waals surface area contributed by atoms with E-state index in [1.54, 1.807) is 0 Å². The lowest BCUT2D eigenvalue weighted by Crippen LogP contribution is -2.44. The van der Waals surface area contributed by atoms with Gasteiger partial charge in [-0.1, -0.05) is 13.8 Å². The Hall–Kier alpha value is -0.0800. The first kappa shape index (κ1) is 11.4. The van der Waals surface area contributed by atoms with Crippen LogP contribution in [-0.2, 0) is 0 Å². The maximum Gasteiger partial charge on any atom is 0.0120 e. The Morgan fingerprint density at radius 2 is 1.60 bits per heavy atom. The molecule has 0 atom stereocenters. The third-order valence-corrected chi connectivity index (χ3v) is 3.84. The highest BCUT2D eigenvalue weighted by Gasteiger charge is 2.26. The second kappa shape index (κ2) is 5.31. The smallest absolute Gasteiger partial charge is 0.0120 e. The zero-order valence-corrected chi connectivity index (χ0v) is 10.4. The molecule has 2 heterocycles. The van der Waals surface area contributed by atoms with Crippen LogP contribution < -0.4 is 0 Å². The Morgan fingerprint density at radius 1 is 1.00 bits per heavy atom. The molecule has 2 aliphatic heterocycles. The SMILES string of the molecule is CC(C)CN1CCC(N2CCCC2)CC1. The second-order valence-electron chi connectivity index (χ2n) is 5.67. The minimum absolute atomic E-state index is 0.827. The maximum absolute atomic E-state index is 2.73. The van der Waals surface area contributed by atoms with E-state index in [1.807, 2.05) is 0 Å². The standard InChI is InChI=1S/C13H26N2/c1-12(2)11-14-9-5-13(6-10-14)15-7-3-4-8-15/h12-13H,3-11H2,1-2H3. The fraction of sp³-hybridized carbons (Fsp3) is 1.00. The molecule has 2 rings (SSSR count). The molecule has 2 aliphatic rings. The zero-order valence-electron chi connectivity index (χ0n) is 10.4. The Balaban J connectivity index is 1.71. The number of likely N-dealkylation sites (tertiary alicyclic amines) is 2. The van der Waals surface area contributed by atoms with E-state index in [0.29, 0.717) is 0 Å². The van der Waals surface area contributed by atoms with Crippen molar-refractivity contribution in [1.29, 1.82) is 0 Å². The van der Waals surface area contributed by atoms with E-state index >= 15 is 0 Å². The third kappa shape index (κ3) is 3.18.